The number of rotatable bonds is 7. The molecule has 2 N–H and O–H groups in total. The van der Waals surface area contributed by atoms with Crippen LogP contribution in [0.5, 0.6) is 0 Å². The summed E-state index contributed by atoms with van der Waals surface area (Å²) in [5.74, 6) is 0.509. The van der Waals surface area contributed by atoms with Gasteiger partial charge in [-0.1, -0.05) is 13.8 Å². The number of nitrogens with one attached hydrogen (secondary N) is 2. The van der Waals surface area contributed by atoms with E-state index >= 15 is 0 Å². The zero-order chi connectivity index (χ0) is 15.3. The van der Waals surface area contributed by atoms with Crippen LogP contribution in [0.3, 0.4) is 0 Å². The molecule has 1 aromatic rings. The average Bonchev–Trinajstić information content (AvgIpc) is 2.99. The molecule has 1 unspecified atom stereocenters. The fraction of sp³-hybridized carbons (Fsp3) is 0.769. The Kier molecular flexibility index (Phi) is 5.74. The summed E-state index contributed by atoms with van der Waals surface area (Å²) in [5.41, 5.74) is 0. The highest BCUT2D eigenvalue weighted by Crippen LogP contribution is 2.14. The standard InChI is InChI=1S/C13H24N4O3S/c1-11(2)7-12(17-3-5-20-6-4-17)8-16-21(18,19)13-9-14-10-15-13/h9-12,16H,3-8H2,1-2H3,(H,14,15). The molecule has 0 aromatic carbocycles. The molecule has 1 saturated heterocycles. The normalized spacial score (nSPS) is 19.0. The zero-order valence-corrected chi connectivity index (χ0v) is 13.4. The number of morpholine rings is 1. The van der Waals surface area contributed by atoms with Crippen molar-refractivity contribution < 1.29 is 13.2 Å². The zero-order valence-electron chi connectivity index (χ0n) is 12.6. The van der Waals surface area contributed by atoms with E-state index in [4.69, 9.17) is 4.74 Å². The molecule has 0 bridgehead atoms. The number of sulfonamides is 1. The SMILES string of the molecule is CC(C)CC(CNS(=O)(=O)c1cnc[nH]1)N1CCOCC1. The molecule has 1 aliphatic rings. The van der Waals surface area contributed by atoms with Crippen molar-refractivity contribution in [3.05, 3.63) is 12.5 Å². The second-order valence-corrected chi connectivity index (χ2v) is 7.43. The first kappa shape index (κ1) is 16.4. The van der Waals surface area contributed by atoms with Crippen molar-refractivity contribution in [2.24, 2.45) is 5.92 Å². The molecule has 120 valence electrons. The van der Waals surface area contributed by atoms with E-state index in [0.717, 1.165) is 19.5 Å². The van der Waals surface area contributed by atoms with Crippen molar-refractivity contribution in [1.29, 1.82) is 0 Å². The third-order valence-corrected chi connectivity index (χ3v) is 4.93. The molecule has 1 fully saturated rings. The maximum atomic E-state index is 12.1. The van der Waals surface area contributed by atoms with Crippen LogP contribution in [0.2, 0.25) is 0 Å². The number of imidazole rings is 1. The Morgan fingerprint density at radius 3 is 2.71 bits per heavy atom. The number of aromatic nitrogens is 2. The molecule has 0 aliphatic carbocycles. The lowest BCUT2D eigenvalue weighted by atomic mass is 10.0. The summed E-state index contributed by atoms with van der Waals surface area (Å²) in [5, 5.41) is 0.104. The van der Waals surface area contributed by atoms with Crippen LogP contribution in [0, 0.1) is 5.92 Å². The Labute approximate surface area is 126 Å². The number of nitrogens with zero attached hydrogens (tertiary/aromatic N) is 2. The summed E-state index contributed by atoms with van der Waals surface area (Å²) in [4.78, 5) is 8.68. The third kappa shape index (κ3) is 4.77. The lowest BCUT2D eigenvalue weighted by Gasteiger charge is -2.35. The summed E-state index contributed by atoms with van der Waals surface area (Å²) in [6.07, 6.45) is 3.63. The van der Waals surface area contributed by atoms with Gasteiger partial charge in [0.15, 0.2) is 5.03 Å². The topological polar surface area (TPSA) is 87.3 Å². The van der Waals surface area contributed by atoms with Gasteiger partial charge in [0.2, 0.25) is 0 Å². The fourth-order valence-corrected chi connectivity index (χ4v) is 3.50. The maximum Gasteiger partial charge on any atom is 0.257 e. The number of hydrogen-bond donors (Lipinski definition) is 2. The Bertz CT molecular complexity index is 510. The summed E-state index contributed by atoms with van der Waals surface area (Å²) in [6.45, 7) is 7.82. The van der Waals surface area contributed by atoms with Gasteiger partial charge in [0.05, 0.1) is 25.7 Å². The smallest absolute Gasteiger partial charge is 0.257 e. The van der Waals surface area contributed by atoms with Crippen LogP contribution < -0.4 is 4.72 Å². The molecule has 8 heteroatoms. The minimum Gasteiger partial charge on any atom is -0.379 e. The van der Waals surface area contributed by atoms with Crippen LogP contribution in [0.4, 0.5) is 0 Å². The van der Waals surface area contributed by atoms with Crippen molar-refractivity contribution in [2.75, 3.05) is 32.8 Å². The van der Waals surface area contributed by atoms with Crippen molar-refractivity contribution in [1.82, 2.24) is 19.6 Å². The minimum absolute atomic E-state index is 0.104. The van der Waals surface area contributed by atoms with Crippen LogP contribution >= 0.6 is 0 Å². The molecule has 2 heterocycles. The third-order valence-electron chi connectivity index (χ3n) is 3.58. The lowest BCUT2D eigenvalue weighted by Crippen LogP contribution is -2.49. The molecular formula is C13H24N4O3S. The van der Waals surface area contributed by atoms with Crippen molar-refractivity contribution in [3.8, 4) is 0 Å². The largest absolute Gasteiger partial charge is 0.379 e. The van der Waals surface area contributed by atoms with Crippen LogP contribution in [-0.2, 0) is 14.8 Å². The number of hydrogen-bond acceptors (Lipinski definition) is 5. The Morgan fingerprint density at radius 2 is 2.14 bits per heavy atom. The van der Waals surface area contributed by atoms with Gasteiger partial charge in [0, 0.05) is 25.7 Å². The van der Waals surface area contributed by atoms with Crippen molar-refractivity contribution in [3.63, 3.8) is 0 Å². The fourth-order valence-electron chi connectivity index (χ4n) is 2.52. The van der Waals surface area contributed by atoms with E-state index in [1.165, 1.54) is 12.5 Å². The molecule has 1 aromatic heterocycles. The summed E-state index contributed by atoms with van der Waals surface area (Å²) < 4.78 is 32.3. The van der Waals surface area contributed by atoms with E-state index in [2.05, 4.69) is 33.4 Å². The van der Waals surface area contributed by atoms with Gasteiger partial charge in [-0.2, -0.15) is 0 Å². The summed E-state index contributed by atoms with van der Waals surface area (Å²) in [6, 6.07) is 0.187. The van der Waals surface area contributed by atoms with E-state index in [0.29, 0.717) is 25.7 Å². The highest BCUT2D eigenvalue weighted by Gasteiger charge is 2.24. The molecule has 0 amide bonds. The van der Waals surface area contributed by atoms with Gasteiger partial charge in [-0.25, -0.2) is 18.1 Å². The molecule has 1 atom stereocenters. The van der Waals surface area contributed by atoms with Crippen molar-refractivity contribution in [2.45, 2.75) is 31.3 Å². The molecule has 2 rings (SSSR count). The molecule has 1 aliphatic heterocycles. The van der Waals surface area contributed by atoms with Gasteiger partial charge >= 0.3 is 0 Å². The Morgan fingerprint density at radius 1 is 1.43 bits per heavy atom. The van der Waals surface area contributed by atoms with Gasteiger partial charge in [0.1, 0.15) is 0 Å². The van der Waals surface area contributed by atoms with Gasteiger partial charge in [-0.05, 0) is 12.3 Å². The molecule has 21 heavy (non-hydrogen) atoms. The van der Waals surface area contributed by atoms with Crippen LogP contribution in [0.1, 0.15) is 20.3 Å². The summed E-state index contributed by atoms with van der Waals surface area (Å²) in [7, 11) is -3.51. The number of ether oxygens (including phenoxy) is 1. The highest BCUT2D eigenvalue weighted by atomic mass is 32.2. The molecule has 0 radical (unpaired) electrons. The molecular weight excluding hydrogens is 292 g/mol. The van der Waals surface area contributed by atoms with Crippen molar-refractivity contribution >= 4 is 10.0 Å². The predicted molar refractivity (Wildman–Crippen MR) is 79.4 cm³/mol. The predicted octanol–water partition coefficient (Wildman–Crippen LogP) is 0.435. The van der Waals surface area contributed by atoms with Crippen LogP contribution in [0.25, 0.3) is 0 Å². The maximum absolute atomic E-state index is 12.1. The first-order valence-electron chi connectivity index (χ1n) is 7.29. The van der Waals surface area contributed by atoms with E-state index in [1.54, 1.807) is 0 Å². The minimum atomic E-state index is -3.51. The number of aromatic amines is 1. The quantitative estimate of drug-likeness (QED) is 0.762. The van der Waals surface area contributed by atoms with Gasteiger partial charge in [-0.15, -0.1) is 0 Å². The first-order chi connectivity index (χ1) is 9.99. The first-order valence-corrected chi connectivity index (χ1v) is 8.77. The molecule has 0 saturated carbocycles. The second kappa shape index (κ2) is 7.35. The monoisotopic (exact) mass is 316 g/mol. The van der Waals surface area contributed by atoms with Crippen LogP contribution in [-0.4, -0.2) is 62.2 Å². The molecule has 0 spiro atoms. The summed E-state index contributed by atoms with van der Waals surface area (Å²) >= 11 is 0. The Balaban J connectivity index is 1.98. The van der Waals surface area contributed by atoms with Gasteiger partial charge in [0.25, 0.3) is 10.0 Å². The van der Waals surface area contributed by atoms with Crippen LogP contribution in [0.15, 0.2) is 17.6 Å². The van der Waals surface area contributed by atoms with E-state index < -0.39 is 10.0 Å². The molecule has 7 nitrogen and oxygen atoms in total. The van der Waals surface area contributed by atoms with E-state index in [-0.39, 0.29) is 11.1 Å². The highest BCUT2D eigenvalue weighted by molar-refractivity contribution is 7.89. The average molecular weight is 316 g/mol. The van der Waals surface area contributed by atoms with Gasteiger partial charge in [-0.3, -0.25) is 4.90 Å². The van der Waals surface area contributed by atoms with E-state index in [9.17, 15) is 8.42 Å². The Hall–Kier alpha value is -0.960. The van der Waals surface area contributed by atoms with Gasteiger partial charge < -0.3 is 9.72 Å². The van der Waals surface area contributed by atoms with E-state index in [1.807, 2.05) is 0 Å². The number of H-pyrrole nitrogens is 1. The second-order valence-electron chi connectivity index (χ2n) is 5.70. The lowest BCUT2D eigenvalue weighted by molar-refractivity contribution is 0.0134.